The Kier molecular flexibility index (Phi) is 6.40. The van der Waals surface area contributed by atoms with E-state index in [-0.39, 0.29) is 12.6 Å². The number of aliphatic hydroxyl groups is 2. The standard InChI is InChI=1S/C25H29ClN2O4/c26-18-6-9-22-21(14-18)20-10-11-28(25(30)32-15-16-2-3-16)24(23(20)27-22)17-4-7-19(8-5-17)31-13-1-12-29/h4-9,14,16,24-25,27,29-30H,1-3,10-13,15H2/t24-,25?/m0/s1. The Hall–Kier alpha value is -2.09. The van der Waals surface area contributed by atoms with Crippen molar-refractivity contribution in [1.29, 1.82) is 0 Å². The van der Waals surface area contributed by atoms with Crippen molar-refractivity contribution in [3.63, 3.8) is 0 Å². The van der Waals surface area contributed by atoms with Crippen molar-refractivity contribution in [3.8, 4) is 5.75 Å². The van der Waals surface area contributed by atoms with Gasteiger partial charge in [0.25, 0.3) is 0 Å². The van der Waals surface area contributed by atoms with Crippen molar-refractivity contribution in [2.75, 3.05) is 26.4 Å². The first-order chi connectivity index (χ1) is 15.6. The van der Waals surface area contributed by atoms with E-state index in [0.29, 0.717) is 32.1 Å². The van der Waals surface area contributed by atoms with Crippen LogP contribution in [0.5, 0.6) is 5.75 Å². The van der Waals surface area contributed by atoms with Crippen molar-refractivity contribution in [2.45, 2.75) is 38.1 Å². The molecule has 3 aromatic rings. The molecule has 2 heterocycles. The van der Waals surface area contributed by atoms with Gasteiger partial charge in [-0.3, -0.25) is 0 Å². The molecule has 0 saturated heterocycles. The lowest BCUT2D eigenvalue weighted by atomic mass is 9.92. The zero-order valence-electron chi connectivity index (χ0n) is 18.0. The summed E-state index contributed by atoms with van der Waals surface area (Å²) in [5.41, 5.74) is 4.40. The molecular formula is C25H29ClN2O4. The number of aromatic nitrogens is 1. The van der Waals surface area contributed by atoms with Crippen LogP contribution in [0.2, 0.25) is 5.02 Å². The van der Waals surface area contributed by atoms with Gasteiger partial charge in [0, 0.05) is 41.2 Å². The van der Waals surface area contributed by atoms with Crippen molar-refractivity contribution in [1.82, 2.24) is 9.88 Å². The number of nitrogens with zero attached hydrogens (tertiary/aromatic N) is 1. The van der Waals surface area contributed by atoms with Gasteiger partial charge >= 0.3 is 0 Å². The SMILES string of the molecule is OCCCOc1ccc([C@H]2c3[nH]c4ccc(Cl)cc4c3CCN2C(O)OCC2CC2)cc1. The topological polar surface area (TPSA) is 78.0 Å². The smallest absolute Gasteiger partial charge is 0.216 e. The van der Waals surface area contributed by atoms with Crippen LogP contribution in [0.1, 0.15) is 42.1 Å². The van der Waals surface area contributed by atoms with Gasteiger partial charge in [-0.1, -0.05) is 23.7 Å². The van der Waals surface area contributed by atoms with E-state index in [1.54, 1.807) is 0 Å². The van der Waals surface area contributed by atoms with Crippen molar-refractivity contribution in [3.05, 3.63) is 64.3 Å². The maximum atomic E-state index is 10.9. The van der Waals surface area contributed by atoms with Gasteiger partial charge in [0.05, 0.1) is 19.3 Å². The van der Waals surface area contributed by atoms with Crippen LogP contribution in [0.4, 0.5) is 0 Å². The van der Waals surface area contributed by atoms with Gasteiger partial charge < -0.3 is 24.7 Å². The first-order valence-corrected chi connectivity index (χ1v) is 11.7. The van der Waals surface area contributed by atoms with Gasteiger partial charge in [-0.2, -0.15) is 0 Å². The summed E-state index contributed by atoms with van der Waals surface area (Å²) in [6.45, 7) is 1.86. The molecule has 0 bridgehead atoms. The third-order valence-corrected chi connectivity index (χ3v) is 6.59. The molecule has 2 atom stereocenters. The van der Waals surface area contributed by atoms with Gasteiger partial charge in [-0.15, -0.1) is 0 Å². The molecule has 1 unspecified atom stereocenters. The molecule has 5 rings (SSSR count). The van der Waals surface area contributed by atoms with E-state index in [9.17, 15) is 5.11 Å². The highest BCUT2D eigenvalue weighted by atomic mass is 35.5. The van der Waals surface area contributed by atoms with E-state index in [1.807, 2.05) is 47.4 Å². The fraction of sp³-hybridized carbons (Fsp3) is 0.440. The molecule has 32 heavy (non-hydrogen) atoms. The van der Waals surface area contributed by atoms with Crippen molar-refractivity contribution in [2.24, 2.45) is 5.92 Å². The van der Waals surface area contributed by atoms with Crippen LogP contribution in [-0.2, 0) is 11.2 Å². The number of fused-ring (bicyclic) bond motifs is 3. The molecule has 1 aromatic heterocycles. The summed E-state index contributed by atoms with van der Waals surface area (Å²) in [7, 11) is 0. The highest BCUT2D eigenvalue weighted by molar-refractivity contribution is 6.31. The maximum Gasteiger partial charge on any atom is 0.216 e. The van der Waals surface area contributed by atoms with Gasteiger partial charge in [0.1, 0.15) is 5.75 Å². The zero-order valence-corrected chi connectivity index (χ0v) is 18.7. The minimum Gasteiger partial charge on any atom is -0.494 e. The summed E-state index contributed by atoms with van der Waals surface area (Å²) in [5.74, 6) is 1.34. The van der Waals surface area contributed by atoms with E-state index < -0.39 is 6.41 Å². The molecule has 6 nitrogen and oxygen atoms in total. The summed E-state index contributed by atoms with van der Waals surface area (Å²) in [4.78, 5) is 5.60. The van der Waals surface area contributed by atoms with Crippen LogP contribution >= 0.6 is 11.6 Å². The fourth-order valence-electron chi connectivity index (χ4n) is 4.48. The first-order valence-electron chi connectivity index (χ1n) is 11.3. The van der Waals surface area contributed by atoms with Gasteiger partial charge in [-0.05, 0) is 66.6 Å². The van der Waals surface area contributed by atoms with Crippen LogP contribution in [-0.4, -0.2) is 52.9 Å². The molecule has 1 fully saturated rings. The number of nitrogens with one attached hydrogen (secondary N) is 1. The fourth-order valence-corrected chi connectivity index (χ4v) is 4.65. The molecule has 1 aliphatic heterocycles. The largest absolute Gasteiger partial charge is 0.494 e. The molecule has 2 aliphatic rings. The minimum atomic E-state index is -0.968. The maximum absolute atomic E-state index is 10.9. The number of ether oxygens (including phenoxy) is 2. The Morgan fingerprint density at radius 2 is 1.97 bits per heavy atom. The van der Waals surface area contributed by atoms with E-state index >= 15 is 0 Å². The lowest BCUT2D eigenvalue weighted by Gasteiger charge is -2.38. The second-order valence-electron chi connectivity index (χ2n) is 8.70. The number of halogens is 1. The third-order valence-electron chi connectivity index (χ3n) is 6.35. The monoisotopic (exact) mass is 456 g/mol. The Morgan fingerprint density at radius 1 is 1.16 bits per heavy atom. The second kappa shape index (κ2) is 9.41. The number of hydrogen-bond donors (Lipinski definition) is 3. The van der Waals surface area contributed by atoms with Gasteiger partial charge in [-0.25, -0.2) is 4.90 Å². The molecule has 170 valence electrons. The highest BCUT2D eigenvalue weighted by Gasteiger charge is 2.36. The normalized spacial score (nSPS) is 19.8. The Bertz CT molecular complexity index is 1060. The molecule has 0 radical (unpaired) electrons. The number of H-pyrrole nitrogens is 1. The van der Waals surface area contributed by atoms with E-state index in [1.165, 1.54) is 18.4 Å². The lowest BCUT2D eigenvalue weighted by molar-refractivity contribution is -0.206. The molecule has 3 N–H and O–H groups in total. The minimum absolute atomic E-state index is 0.112. The predicted molar refractivity (Wildman–Crippen MR) is 124 cm³/mol. The molecule has 1 aliphatic carbocycles. The summed E-state index contributed by atoms with van der Waals surface area (Å²) in [5, 5.41) is 21.8. The first kappa shape index (κ1) is 21.7. The zero-order chi connectivity index (χ0) is 22.1. The number of aliphatic hydroxyl groups excluding tert-OH is 2. The third kappa shape index (κ3) is 4.51. The van der Waals surface area contributed by atoms with E-state index in [0.717, 1.165) is 39.4 Å². The van der Waals surface area contributed by atoms with E-state index in [4.69, 9.17) is 26.2 Å². The van der Waals surface area contributed by atoms with Crippen LogP contribution in [0.25, 0.3) is 10.9 Å². The Morgan fingerprint density at radius 3 is 2.72 bits per heavy atom. The molecule has 2 aromatic carbocycles. The average molecular weight is 457 g/mol. The van der Waals surface area contributed by atoms with Crippen molar-refractivity contribution >= 4 is 22.5 Å². The molecule has 1 saturated carbocycles. The summed E-state index contributed by atoms with van der Waals surface area (Å²) >= 11 is 6.28. The van der Waals surface area contributed by atoms with Gasteiger partial charge in [0.2, 0.25) is 6.41 Å². The molecule has 7 heteroatoms. The highest BCUT2D eigenvalue weighted by Crippen LogP contribution is 2.40. The number of hydrogen-bond acceptors (Lipinski definition) is 5. The molecule has 0 amide bonds. The molecular weight excluding hydrogens is 428 g/mol. The lowest BCUT2D eigenvalue weighted by Crippen LogP contribution is -2.44. The quantitative estimate of drug-likeness (QED) is 0.332. The van der Waals surface area contributed by atoms with Crippen LogP contribution in [0, 0.1) is 5.92 Å². The second-order valence-corrected chi connectivity index (χ2v) is 9.13. The van der Waals surface area contributed by atoms with Crippen LogP contribution in [0.3, 0.4) is 0 Å². The predicted octanol–water partition coefficient (Wildman–Crippen LogP) is 4.23. The Balaban J connectivity index is 1.48. The van der Waals surface area contributed by atoms with Crippen molar-refractivity contribution < 1.29 is 19.7 Å². The summed E-state index contributed by atoms with van der Waals surface area (Å²) in [6.07, 6.45) is 2.80. The Labute approximate surface area is 192 Å². The van der Waals surface area contributed by atoms with Gasteiger partial charge in [0.15, 0.2) is 0 Å². The summed E-state index contributed by atoms with van der Waals surface area (Å²) in [6, 6.07) is 13.7. The van der Waals surface area contributed by atoms with Crippen LogP contribution in [0.15, 0.2) is 42.5 Å². The van der Waals surface area contributed by atoms with Crippen LogP contribution < -0.4 is 4.74 Å². The number of rotatable bonds is 9. The number of aromatic amines is 1. The number of benzene rings is 2. The van der Waals surface area contributed by atoms with E-state index in [2.05, 4.69) is 4.98 Å². The molecule has 0 spiro atoms. The summed E-state index contributed by atoms with van der Waals surface area (Å²) < 4.78 is 11.5. The average Bonchev–Trinajstić information content (AvgIpc) is 3.57.